The Morgan fingerprint density at radius 1 is 0.960 bits per heavy atom. The number of amides is 2. The summed E-state index contributed by atoms with van der Waals surface area (Å²) in [7, 11) is 0. The van der Waals surface area contributed by atoms with Gasteiger partial charge < -0.3 is 9.64 Å². The molecule has 25 heavy (non-hydrogen) atoms. The molecule has 0 unspecified atom stereocenters. The van der Waals surface area contributed by atoms with E-state index in [2.05, 4.69) is 0 Å². The molecule has 2 aliphatic rings. The second kappa shape index (κ2) is 6.69. The molecule has 2 atom stereocenters. The summed E-state index contributed by atoms with van der Waals surface area (Å²) in [5.41, 5.74) is 1.97. The highest BCUT2D eigenvalue weighted by molar-refractivity contribution is 5.90. The Morgan fingerprint density at radius 2 is 1.64 bits per heavy atom. The van der Waals surface area contributed by atoms with Gasteiger partial charge in [-0.1, -0.05) is 60.7 Å². The van der Waals surface area contributed by atoms with Crippen molar-refractivity contribution in [2.45, 2.75) is 25.2 Å². The van der Waals surface area contributed by atoms with E-state index >= 15 is 0 Å². The summed E-state index contributed by atoms with van der Waals surface area (Å²) in [5, 5.41) is 0. The van der Waals surface area contributed by atoms with Crippen molar-refractivity contribution in [2.24, 2.45) is 0 Å². The van der Waals surface area contributed by atoms with Gasteiger partial charge in [-0.3, -0.25) is 14.5 Å². The quantitative estimate of drug-likeness (QED) is 0.864. The van der Waals surface area contributed by atoms with Crippen LogP contribution in [0.1, 0.15) is 23.8 Å². The van der Waals surface area contributed by atoms with Gasteiger partial charge in [-0.2, -0.15) is 0 Å². The monoisotopic (exact) mass is 336 g/mol. The van der Waals surface area contributed by atoms with Gasteiger partial charge in [-0.25, -0.2) is 0 Å². The van der Waals surface area contributed by atoms with E-state index in [-0.39, 0.29) is 18.4 Å². The average molecular weight is 336 g/mol. The molecule has 0 saturated carbocycles. The number of nitrogens with zero attached hydrogens (tertiary/aromatic N) is 2. The molecule has 2 aliphatic heterocycles. The number of carbonyl (C=O) groups is 2. The fourth-order valence-corrected chi connectivity index (χ4v) is 3.52. The van der Waals surface area contributed by atoms with Gasteiger partial charge in [-0.05, 0) is 5.56 Å². The first kappa shape index (κ1) is 15.8. The summed E-state index contributed by atoms with van der Waals surface area (Å²) < 4.78 is 5.84. The average Bonchev–Trinajstić information content (AvgIpc) is 3.06. The number of hydrogen-bond donors (Lipinski definition) is 0. The molecule has 0 aromatic heterocycles. The van der Waals surface area contributed by atoms with E-state index in [1.54, 1.807) is 9.80 Å². The summed E-state index contributed by atoms with van der Waals surface area (Å²) in [6.07, 6.45) is -0.152. The van der Waals surface area contributed by atoms with Crippen molar-refractivity contribution < 1.29 is 14.3 Å². The maximum Gasteiger partial charge on any atom is 0.248 e. The Bertz CT molecular complexity index is 763. The number of fused-ring (bicyclic) bond motifs is 1. The van der Waals surface area contributed by atoms with Crippen molar-refractivity contribution in [2.75, 3.05) is 13.2 Å². The highest BCUT2D eigenvalue weighted by Crippen LogP contribution is 2.33. The lowest BCUT2D eigenvalue weighted by atomic mass is 10.1. The third kappa shape index (κ3) is 3.03. The predicted octanol–water partition coefficient (Wildman–Crippen LogP) is 2.35. The van der Waals surface area contributed by atoms with Crippen LogP contribution in [0.5, 0.6) is 0 Å². The smallest absolute Gasteiger partial charge is 0.248 e. The van der Waals surface area contributed by atoms with Crippen LogP contribution in [0.2, 0.25) is 0 Å². The molecule has 5 nitrogen and oxygen atoms in total. The van der Waals surface area contributed by atoms with Crippen molar-refractivity contribution in [3.63, 3.8) is 0 Å². The SMILES string of the molecule is O=C1[C@@H]2CO[C@H](c3ccccc3)N2C(=O)CCN1Cc1ccccc1. The first-order valence-corrected chi connectivity index (χ1v) is 8.54. The van der Waals surface area contributed by atoms with E-state index in [0.717, 1.165) is 11.1 Å². The van der Waals surface area contributed by atoms with Crippen LogP contribution in [0.25, 0.3) is 0 Å². The van der Waals surface area contributed by atoms with Gasteiger partial charge in [-0.15, -0.1) is 0 Å². The maximum absolute atomic E-state index is 13.0. The van der Waals surface area contributed by atoms with E-state index in [1.165, 1.54) is 0 Å². The minimum absolute atomic E-state index is 0.0275. The number of benzene rings is 2. The minimum Gasteiger partial charge on any atom is -0.351 e. The first-order chi connectivity index (χ1) is 12.2. The van der Waals surface area contributed by atoms with Gasteiger partial charge in [0.25, 0.3) is 0 Å². The predicted molar refractivity (Wildman–Crippen MR) is 92.2 cm³/mol. The van der Waals surface area contributed by atoms with E-state index in [4.69, 9.17) is 4.74 Å². The lowest BCUT2D eigenvalue weighted by Gasteiger charge is -2.27. The van der Waals surface area contributed by atoms with Crippen LogP contribution >= 0.6 is 0 Å². The number of ether oxygens (including phenoxy) is 1. The summed E-state index contributed by atoms with van der Waals surface area (Å²) in [4.78, 5) is 29.1. The first-order valence-electron chi connectivity index (χ1n) is 8.54. The Labute approximate surface area is 146 Å². The van der Waals surface area contributed by atoms with Crippen LogP contribution in [0.15, 0.2) is 60.7 Å². The maximum atomic E-state index is 13.0. The number of rotatable bonds is 3. The molecule has 0 N–H and O–H groups in total. The molecule has 5 heteroatoms. The molecule has 0 aliphatic carbocycles. The lowest BCUT2D eigenvalue weighted by Crippen LogP contribution is -2.45. The molecule has 128 valence electrons. The molecular formula is C20H20N2O3. The van der Waals surface area contributed by atoms with E-state index < -0.39 is 12.3 Å². The molecule has 2 aromatic carbocycles. The summed E-state index contributed by atoms with van der Waals surface area (Å²) in [6.45, 7) is 1.21. The van der Waals surface area contributed by atoms with Crippen molar-refractivity contribution in [3.05, 3.63) is 71.8 Å². The van der Waals surface area contributed by atoms with Gasteiger partial charge in [0, 0.05) is 25.1 Å². The number of carbonyl (C=O) groups excluding carboxylic acids is 2. The highest BCUT2D eigenvalue weighted by atomic mass is 16.5. The molecule has 0 spiro atoms. The summed E-state index contributed by atoms with van der Waals surface area (Å²) >= 11 is 0. The molecule has 0 radical (unpaired) electrons. The van der Waals surface area contributed by atoms with Crippen LogP contribution in [0.4, 0.5) is 0 Å². The minimum atomic E-state index is -0.538. The van der Waals surface area contributed by atoms with Crippen molar-refractivity contribution in [1.82, 2.24) is 9.80 Å². The topological polar surface area (TPSA) is 49.9 Å². The fourth-order valence-electron chi connectivity index (χ4n) is 3.52. The molecule has 2 fully saturated rings. The third-order valence-electron chi connectivity index (χ3n) is 4.78. The van der Waals surface area contributed by atoms with Crippen molar-refractivity contribution in [3.8, 4) is 0 Å². The molecule has 0 bridgehead atoms. The normalized spacial score (nSPS) is 23.5. The zero-order valence-electron chi connectivity index (χ0n) is 13.9. The highest BCUT2D eigenvalue weighted by Gasteiger charge is 2.45. The van der Waals surface area contributed by atoms with E-state index in [0.29, 0.717) is 19.5 Å². The van der Waals surface area contributed by atoms with Gasteiger partial charge in [0.1, 0.15) is 6.04 Å². The Morgan fingerprint density at radius 3 is 2.36 bits per heavy atom. The molecule has 2 amide bonds. The van der Waals surface area contributed by atoms with Crippen LogP contribution < -0.4 is 0 Å². The second-order valence-corrected chi connectivity index (χ2v) is 6.41. The largest absolute Gasteiger partial charge is 0.351 e. The van der Waals surface area contributed by atoms with Gasteiger partial charge in [0.2, 0.25) is 11.8 Å². The van der Waals surface area contributed by atoms with Crippen LogP contribution in [-0.4, -0.2) is 40.8 Å². The molecule has 4 rings (SSSR count). The summed E-state index contributed by atoms with van der Waals surface area (Å²) in [6, 6.07) is 18.9. The standard InChI is InChI=1S/C20H20N2O3/c23-18-11-12-21(13-15-7-3-1-4-8-15)19(24)17-14-25-20(22(17)18)16-9-5-2-6-10-16/h1-10,17,20H,11-14H2/t17-,20+/m0/s1. The Balaban J connectivity index is 1.58. The van der Waals surface area contributed by atoms with Crippen LogP contribution in [-0.2, 0) is 20.9 Å². The molecule has 2 heterocycles. The number of hydrogen-bond acceptors (Lipinski definition) is 3. The molecular weight excluding hydrogens is 316 g/mol. The Kier molecular flexibility index (Phi) is 4.24. The molecule has 2 aromatic rings. The Hall–Kier alpha value is -2.66. The zero-order chi connectivity index (χ0) is 17.2. The fraction of sp³-hybridized carbons (Fsp3) is 0.300. The van der Waals surface area contributed by atoms with E-state index in [9.17, 15) is 9.59 Å². The van der Waals surface area contributed by atoms with Gasteiger partial charge in [0.15, 0.2) is 6.23 Å². The van der Waals surface area contributed by atoms with Gasteiger partial charge >= 0.3 is 0 Å². The van der Waals surface area contributed by atoms with Crippen molar-refractivity contribution >= 4 is 11.8 Å². The third-order valence-corrected chi connectivity index (χ3v) is 4.78. The van der Waals surface area contributed by atoms with E-state index in [1.807, 2.05) is 60.7 Å². The van der Waals surface area contributed by atoms with Crippen LogP contribution in [0.3, 0.4) is 0 Å². The zero-order valence-corrected chi connectivity index (χ0v) is 13.9. The second-order valence-electron chi connectivity index (χ2n) is 6.41. The van der Waals surface area contributed by atoms with Gasteiger partial charge in [0.05, 0.1) is 6.61 Å². The lowest BCUT2D eigenvalue weighted by molar-refractivity contribution is -0.142. The van der Waals surface area contributed by atoms with Crippen molar-refractivity contribution in [1.29, 1.82) is 0 Å². The molecule has 2 saturated heterocycles. The summed E-state index contributed by atoms with van der Waals surface area (Å²) in [5.74, 6) is -0.0617. The van der Waals surface area contributed by atoms with Crippen LogP contribution in [0, 0.1) is 0 Å².